The normalized spacial score (nSPS) is 11.2. The van der Waals surface area contributed by atoms with E-state index in [1.165, 1.54) is 0 Å². The first-order chi connectivity index (χ1) is 6.03. The molecule has 0 aliphatic heterocycles. The summed E-state index contributed by atoms with van der Waals surface area (Å²) in [5.74, 6) is 0. The Bertz CT molecular complexity index is 310. The Hall–Kier alpha value is -1.23. The molecule has 0 unspecified atom stereocenters. The largest absolute Gasteiger partial charge is 0.339 e. The fraction of sp³-hybridized carbons (Fsp3) is 0.545. The van der Waals surface area contributed by atoms with Crippen molar-refractivity contribution in [1.82, 2.24) is 4.57 Å². The molecule has 1 aromatic rings. The molecule has 0 aliphatic carbocycles. The monoisotopic (exact) mass is 176 g/mol. The van der Waals surface area contributed by atoms with Crippen molar-refractivity contribution in [2.24, 2.45) is 5.41 Å². The maximum atomic E-state index is 8.77. The molecule has 13 heavy (non-hydrogen) atoms. The van der Waals surface area contributed by atoms with Gasteiger partial charge in [-0.25, -0.2) is 0 Å². The van der Waals surface area contributed by atoms with E-state index in [1.807, 2.05) is 22.9 Å². The zero-order valence-corrected chi connectivity index (χ0v) is 8.54. The summed E-state index contributed by atoms with van der Waals surface area (Å²) in [6.07, 6.45) is 3.06. The molecule has 0 aromatic carbocycles. The van der Waals surface area contributed by atoms with Crippen molar-refractivity contribution < 1.29 is 0 Å². The van der Waals surface area contributed by atoms with E-state index in [0.29, 0.717) is 5.41 Å². The number of aryl methyl sites for hydroxylation is 1. The van der Waals surface area contributed by atoms with Crippen LogP contribution in [-0.2, 0) is 6.54 Å². The molecular weight excluding hydrogens is 160 g/mol. The van der Waals surface area contributed by atoms with Crippen LogP contribution < -0.4 is 0 Å². The molecule has 0 spiro atoms. The van der Waals surface area contributed by atoms with Gasteiger partial charge in [-0.05, 0) is 24.0 Å². The van der Waals surface area contributed by atoms with Gasteiger partial charge in [0, 0.05) is 12.7 Å². The summed E-state index contributed by atoms with van der Waals surface area (Å²) in [5.41, 5.74) is 1.08. The summed E-state index contributed by atoms with van der Waals surface area (Å²) in [7, 11) is 0. The van der Waals surface area contributed by atoms with Crippen LogP contribution in [0.1, 0.15) is 32.9 Å². The van der Waals surface area contributed by atoms with Crippen molar-refractivity contribution in [3.05, 3.63) is 24.0 Å². The SMILES string of the molecule is CC(C)(C)CCn1cccc1C#N. The van der Waals surface area contributed by atoms with Gasteiger partial charge in [-0.15, -0.1) is 0 Å². The molecule has 0 radical (unpaired) electrons. The Labute approximate surface area is 79.8 Å². The van der Waals surface area contributed by atoms with Gasteiger partial charge in [-0.2, -0.15) is 5.26 Å². The van der Waals surface area contributed by atoms with E-state index in [0.717, 1.165) is 18.7 Å². The van der Waals surface area contributed by atoms with Crippen molar-refractivity contribution in [2.45, 2.75) is 33.7 Å². The summed E-state index contributed by atoms with van der Waals surface area (Å²) in [6.45, 7) is 7.56. The minimum Gasteiger partial charge on any atom is -0.339 e. The Morgan fingerprint density at radius 2 is 2.15 bits per heavy atom. The van der Waals surface area contributed by atoms with Gasteiger partial charge >= 0.3 is 0 Å². The Morgan fingerprint density at radius 3 is 2.69 bits per heavy atom. The number of nitriles is 1. The standard InChI is InChI=1S/C11H16N2/c1-11(2,3)6-8-13-7-4-5-10(13)9-12/h4-5,7H,6,8H2,1-3H3. The first-order valence-corrected chi connectivity index (χ1v) is 4.58. The zero-order chi connectivity index (χ0) is 9.90. The molecule has 0 aliphatic rings. The van der Waals surface area contributed by atoms with Crippen LogP contribution in [0.25, 0.3) is 0 Å². The summed E-state index contributed by atoms with van der Waals surface area (Å²) in [5, 5.41) is 8.77. The maximum Gasteiger partial charge on any atom is 0.120 e. The van der Waals surface area contributed by atoms with Crippen LogP contribution in [0.3, 0.4) is 0 Å². The maximum absolute atomic E-state index is 8.77. The number of hydrogen-bond donors (Lipinski definition) is 0. The smallest absolute Gasteiger partial charge is 0.120 e. The van der Waals surface area contributed by atoms with Crippen LogP contribution in [0.15, 0.2) is 18.3 Å². The van der Waals surface area contributed by atoms with Crippen LogP contribution >= 0.6 is 0 Å². The van der Waals surface area contributed by atoms with E-state index < -0.39 is 0 Å². The Morgan fingerprint density at radius 1 is 1.46 bits per heavy atom. The third kappa shape index (κ3) is 2.95. The highest BCUT2D eigenvalue weighted by Gasteiger charge is 2.10. The molecule has 0 amide bonds. The first kappa shape index (κ1) is 9.85. The van der Waals surface area contributed by atoms with E-state index in [2.05, 4.69) is 26.8 Å². The van der Waals surface area contributed by atoms with Gasteiger partial charge in [0.15, 0.2) is 0 Å². The number of hydrogen-bond acceptors (Lipinski definition) is 1. The molecule has 1 aromatic heterocycles. The second-order valence-electron chi connectivity index (χ2n) is 4.51. The molecule has 0 N–H and O–H groups in total. The molecule has 0 bridgehead atoms. The Balaban J connectivity index is 2.61. The van der Waals surface area contributed by atoms with Gasteiger partial charge in [0.1, 0.15) is 11.8 Å². The van der Waals surface area contributed by atoms with E-state index in [9.17, 15) is 0 Å². The van der Waals surface area contributed by atoms with Gasteiger partial charge in [-0.3, -0.25) is 0 Å². The molecule has 0 fully saturated rings. The molecule has 2 nitrogen and oxygen atoms in total. The Kier molecular flexibility index (Phi) is 2.77. The van der Waals surface area contributed by atoms with Gasteiger partial charge in [-0.1, -0.05) is 20.8 Å². The summed E-state index contributed by atoms with van der Waals surface area (Å²) in [4.78, 5) is 0. The van der Waals surface area contributed by atoms with Crippen LogP contribution in [-0.4, -0.2) is 4.57 Å². The first-order valence-electron chi connectivity index (χ1n) is 4.58. The topological polar surface area (TPSA) is 28.7 Å². The molecular formula is C11H16N2. The van der Waals surface area contributed by atoms with Crippen LogP contribution in [0.4, 0.5) is 0 Å². The molecule has 1 rings (SSSR count). The van der Waals surface area contributed by atoms with Crippen molar-refractivity contribution in [1.29, 1.82) is 5.26 Å². The van der Waals surface area contributed by atoms with E-state index in [-0.39, 0.29) is 0 Å². The lowest BCUT2D eigenvalue weighted by Gasteiger charge is -2.18. The molecule has 0 atom stereocenters. The van der Waals surface area contributed by atoms with Crippen molar-refractivity contribution in [2.75, 3.05) is 0 Å². The van der Waals surface area contributed by atoms with Gasteiger partial charge in [0.2, 0.25) is 0 Å². The number of nitrogens with zero attached hydrogens (tertiary/aromatic N) is 2. The van der Waals surface area contributed by atoms with Gasteiger partial charge in [0.05, 0.1) is 0 Å². The zero-order valence-electron chi connectivity index (χ0n) is 8.54. The van der Waals surface area contributed by atoms with Crippen molar-refractivity contribution in [3.63, 3.8) is 0 Å². The van der Waals surface area contributed by atoms with E-state index >= 15 is 0 Å². The van der Waals surface area contributed by atoms with E-state index in [1.54, 1.807) is 0 Å². The summed E-state index contributed by atoms with van der Waals surface area (Å²) in [6, 6.07) is 5.94. The molecule has 70 valence electrons. The summed E-state index contributed by atoms with van der Waals surface area (Å²) < 4.78 is 2.01. The quantitative estimate of drug-likeness (QED) is 0.681. The average molecular weight is 176 g/mol. The number of rotatable bonds is 2. The lowest BCUT2D eigenvalue weighted by Crippen LogP contribution is -2.10. The predicted molar refractivity (Wildman–Crippen MR) is 53.2 cm³/mol. The van der Waals surface area contributed by atoms with Crippen molar-refractivity contribution >= 4 is 0 Å². The average Bonchev–Trinajstić information content (AvgIpc) is 2.46. The highest BCUT2D eigenvalue weighted by Crippen LogP contribution is 2.19. The molecule has 0 saturated heterocycles. The molecule has 2 heteroatoms. The highest BCUT2D eigenvalue weighted by atomic mass is 15.0. The lowest BCUT2D eigenvalue weighted by molar-refractivity contribution is 0.350. The molecule has 1 heterocycles. The van der Waals surface area contributed by atoms with Crippen LogP contribution in [0.5, 0.6) is 0 Å². The van der Waals surface area contributed by atoms with Crippen molar-refractivity contribution in [3.8, 4) is 6.07 Å². The molecule has 0 saturated carbocycles. The third-order valence-electron chi connectivity index (χ3n) is 2.05. The van der Waals surface area contributed by atoms with Crippen LogP contribution in [0.2, 0.25) is 0 Å². The fourth-order valence-electron chi connectivity index (χ4n) is 1.17. The summed E-state index contributed by atoms with van der Waals surface area (Å²) >= 11 is 0. The fourth-order valence-corrected chi connectivity index (χ4v) is 1.17. The third-order valence-corrected chi connectivity index (χ3v) is 2.05. The number of aromatic nitrogens is 1. The van der Waals surface area contributed by atoms with Gasteiger partial charge in [0.25, 0.3) is 0 Å². The predicted octanol–water partition coefficient (Wildman–Crippen LogP) is 2.80. The minimum absolute atomic E-state index is 0.330. The van der Waals surface area contributed by atoms with E-state index in [4.69, 9.17) is 5.26 Å². The second-order valence-corrected chi connectivity index (χ2v) is 4.51. The van der Waals surface area contributed by atoms with Gasteiger partial charge < -0.3 is 4.57 Å². The highest BCUT2D eigenvalue weighted by molar-refractivity contribution is 5.21. The van der Waals surface area contributed by atoms with Crippen LogP contribution in [0, 0.1) is 16.7 Å². The second kappa shape index (κ2) is 3.66. The lowest BCUT2D eigenvalue weighted by atomic mass is 9.92. The minimum atomic E-state index is 0.330.